The molecule has 0 heterocycles. The summed E-state index contributed by atoms with van der Waals surface area (Å²) in [6, 6.07) is 11.1. The largest absolute Gasteiger partial charge is 0.465 e. The lowest BCUT2D eigenvalue weighted by Gasteiger charge is -2.07. The van der Waals surface area contributed by atoms with Gasteiger partial charge in [-0.05, 0) is 35.9 Å². The van der Waals surface area contributed by atoms with E-state index in [0.717, 1.165) is 5.56 Å². The number of nitrogen functional groups attached to an aromatic ring is 1. The summed E-state index contributed by atoms with van der Waals surface area (Å²) in [6.45, 7) is 0.0861. The smallest absolute Gasteiger partial charge is 0.338 e. The van der Waals surface area contributed by atoms with Crippen LogP contribution in [0.4, 0.5) is 5.69 Å². The molecule has 0 atom stereocenters. The number of methoxy groups -OCH3 is 1. The third kappa shape index (κ3) is 3.77. The molecule has 0 aliphatic heterocycles. The molecule has 6 heteroatoms. The van der Waals surface area contributed by atoms with Crippen LogP contribution in [0.3, 0.4) is 0 Å². The van der Waals surface area contributed by atoms with Crippen LogP contribution in [0.15, 0.2) is 42.5 Å². The van der Waals surface area contributed by atoms with Gasteiger partial charge in [0.15, 0.2) is 0 Å². The monoisotopic (exact) mass is 319 g/mol. The Kier molecular flexibility index (Phi) is 5.01. The fourth-order valence-electron chi connectivity index (χ4n) is 1.76. The Morgan fingerprint density at radius 2 is 1.68 bits per heavy atom. The molecule has 5 nitrogen and oxygen atoms in total. The van der Waals surface area contributed by atoms with Crippen molar-refractivity contribution in [1.29, 1.82) is 0 Å². The van der Waals surface area contributed by atoms with Crippen LogP contribution in [-0.2, 0) is 16.1 Å². The van der Waals surface area contributed by atoms with Gasteiger partial charge in [-0.1, -0.05) is 23.7 Å². The normalized spacial score (nSPS) is 10.1. The number of esters is 2. The van der Waals surface area contributed by atoms with Crippen molar-refractivity contribution < 1.29 is 19.1 Å². The average Bonchev–Trinajstić information content (AvgIpc) is 2.54. The molecule has 0 amide bonds. The molecule has 0 bridgehead atoms. The first-order valence-electron chi connectivity index (χ1n) is 6.40. The quantitative estimate of drug-likeness (QED) is 0.692. The maximum absolute atomic E-state index is 11.9. The fourth-order valence-corrected chi connectivity index (χ4v) is 1.88. The van der Waals surface area contributed by atoms with Gasteiger partial charge in [-0.25, -0.2) is 9.59 Å². The Balaban J connectivity index is 1.98. The number of nitrogens with two attached hydrogens (primary N) is 1. The highest BCUT2D eigenvalue weighted by molar-refractivity contribution is 6.33. The van der Waals surface area contributed by atoms with E-state index in [9.17, 15) is 9.59 Å². The van der Waals surface area contributed by atoms with Crippen molar-refractivity contribution in [2.24, 2.45) is 0 Å². The number of hydrogen-bond acceptors (Lipinski definition) is 5. The Morgan fingerprint density at radius 1 is 1.05 bits per heavy atom. The third-order valence-corrected chi connectivity index (χ3v) is 3.32. The second-order valence-electron chi connectivity index (χ2n) is 4.50. The summed E-state index contributed by atoms with van der Waals surface area (Å²) < 4.78 is 9.79. The lowest BCUT2D eigenvalue weighted by molar-refractivity contribution is 0.0471. The number of carbonyl (C=O) groups is 2. The van der Waals surface area contributed by atoms with E-state index in [1.807, 2.05) is 0 Å². The number of carbonyl (C=O) groups excluding carboxylic acids is 2. The van der Waals surface area contributed by atoms with Crippen molar-refractivity contribution in [1.82, 2.24) is 0 Å². The minimum absolute atomic E-state index is 0.0861. The van der Waals surface area contributed by atoms with E-state index in [-0.39, 0.29) is 6.61 Å². The molecular weight excluding hydrogens is 306 g/mol. The maximum Gasteiger partial charge on any atom is 0.338 e. The predicted octanol–water partition coefficient (Wildman–Crippen LogP) is 3.07. The van der Waals surface area contributed by atoms with Gasteiger partial charge < -0.3 is 15.2 Å². The summed E-state index contributed by atoms with van der Waals surface area (Å²) in [7, 11) is 1.32. The van der Waals surface area contributed by atoms with Gasteiger partial charge in [-0.2, -0.15) is 0 Å². The molecule has 0 fully saturated rings. The molecule has 22 heavy (non-hydrogen) atoms. The first-order valence-corrected chi connectivity index (χ1v) is 6.78. The average molecular weight is 320 g/mol. The number of benzene rings is 2. The van der Waals surface area contributed by atoms with Gasteiger partial charge in [0.1, 0.15) is 6.61 Å². The lowest BCUT2D eigenvalue weighted by atomic mass is 10.1. The Labute approximate surface area is 132 Å². The zero-order valence-corrected chi connectivity index (χ0v) is 12.6. The van der Waals surface area contributed by atoms with E-state index < -0.39 is 11.9 Å². The molecule has 2 N–H and O–H groups in total. The summed E-state index contributed by atoms with van der Waals surface area (Å²) >= 11 is 5.80. The van der Waals surface area contributed by atoms with Crippen molar-refractivity contribution in [3.05, 3.63) is 64.2 Å². The molecule has 0 aromatic heterocycles. The van der Waals surface area contributed by atoms with Gasteiger partial charge in [0, 0.05) is 0 Å². The van der Waals surface area contributed by atoms with Crippen molar-refractivity contribution in [2.75, 3.05) is 12.8 Å². The van der Waals surface area contributed by atoms with Gasteiger partial charge in [0.25, 0.3) is 0 Å². The first-order chi connectivity index (χ1) is 10.5. The van der Waals surface area contributed by atoms with E-state index in [0.29, 0.717) is 21.8 Å². The molecule has 0 aliphatic rings. The molecule has 0 unspecified atom stereocenters. The molecular formula is C16H14ClNO4. The van der Waals surface area contributed by atoms with Crippen LogP contribution in [-0.4, -0.2) is 19.0 Å². The van der Waals surface area contributed by atoms with Gasteiger partial charge in [0.05, 0.1) is 28.9 Å². The Bertz CT molecular complexity index is 698. The molecule has 0 aliphatic carbocycles. The van der Waals surface area contributed by atoms with Gasteiger partial charge in [0.2, 0.25) is 0 Å². The fraction of sp³-hybridized carbons (Fsp3) is 0.125. The van der Waals surface area contributed by atoms with Gasteiger partial charge >= 0.3 is 11.9 Å². The van der Waals surface area contributed by atoms with Crippen LogP contribution in [0, 0.1) is 0 Å². The summed E-state index contributed by atoms with van der Waals surface area (Å²) in [4.78, 5) is 23.2. The number of halogens is 1. The molecule has 2 aromatic carbocycles. The summed E-state index contributed by atoms with van der Waals surface area (Å²) in [6.07, 6.45) is 0. The second-order valence-corrected chi connectivity index (χ2v) is 4.91. The van der Waals surface area contributed by atoms with Crippen LogP contribution in [0.1, 0.15) is 26.3 Å². The number of anilines is 1. The Morgan fingerprint density at radius 3 is 2.27 bits per heavy atom. The Hall–Kier alpha value is -2.53. The molecule has 0 saturated heterocycles. The minimum Gasteiger partial charge on any atom is -0.465 e. The number of ether oxygens (including phenoxy) is 2. The highest BCUT2D eigenvalue weighted by Crippen LogP contribution is 2.20. The van der Waals surface area contributed by atoms with Crippen molar-refractivity contribution in [3.63, 3.8) is 0 Å². The van der Waals surface area contributed by atoms with E-state index in [2.05, 4.69) is 4.74 Å². The summed E-state index contributed by atoms with van der Waals surface area (Å²) in [5.41, 5.74) is 7.47. The SMILES string of the molecule is COC(=O)c1ccc(COC(=O)c2ccc(Cl)c(N)c2)cc1. The summed E-state index contributed by atoms with van der Waals surface area (Å²) in [5.74, 6) is -0.916. The van der Waals surface area contributed by atoms with Crippen molar-refractivity contribution in [3.8, 4) is 0 Å². The number of hydrogen-bond donors (Lipinski definition) is 1. The van der Waals surface area contributed by atoms with Crippen LogP contribution in [0.2, 0.25) is 5.02 Å². The van der Waals surface area contributed by atoms with Crippen molar-refractivity contribution >= 4 is 29.2 Å². The second kappa shape index (κ2) is 6.95. The van der Waals surface area contributed by atoms with Crippen LogP contribution in [0.25, 0.3) is 0 Å². The number of rotatable bonds is 4. The van der Waals surface area contributed by atoms with E-state index in [4.69, 9.17) is 22.1 Å². The molecule has 0 radical (unpaired) electrons. The third-order valence-electron chi connectivity index (χ3n) is 2.98. The van der Waals surface area contributed by atoms with E-state index in [1.165, 1.54) is 13.2 Å². The molecule has 2 rings (SSSR count). The standard InChI is InChI=1S/C16H14ClNO4/c1-21-15(19)11-4-2-10(3-5-11)9-22-16(20)12-6-7-13(17)14(18)8-12/h2-8H,9,18H2,1H3. The predicted molar refractivity (Wildman–Crippen MR) is 82.8 cm³/mol. The van der Waals surface area contributed by atoms with E-state index in [1.54, 1.807) is 36.4 Å². The zero-order valence-electron chi connectivity index (χ0n) is 11.8. The summed E-state index contributed by atoms with van der Waals surface area (Å²) in [5, 5.41) is 0.384. The van der Waals surface area contributed by atoms with Crippen LogP contribution >= 0.6 is 11.6 Å². The zero-order chi connectivity index (χ0) is 16.1. The maximum atomic E-state index is 11.9. The minimum atomic E-state index is -0.500. The highest BCUT2D eigenvalue weighted by atomic mass is 35.5. The van der Waals surface area contributed by atoms with Crippen LogP contribution in [0.5, 0.6) is 0 Å². The highest BCUT2D eigenvalue weighted by Gasteiger charge is 2.10. The lowest BCUT2D eigenvalue weighted by Crippen LogP contribution is -2.06. The first kappa shape index (κ1) is 15.9. The van der Waals surface area contributed by atoms with Gasteiger partial charge in [-0.15, -0.1) is 0 Å². The molecule has 0 saturated carbocycles. The molecule has 0 spiro atoms. The van der Waals surface area contributed by atoms with Crippen LogP contribution < -0.4 is 5.73 Å². The van der Waals surface area contributed by atoms with Crippen molar-refractivity contribution in [2.45, 2.75) is 6.61 Å². The van der Waals surface area contributed by atoms with E-state index >= 15 is 0 Å². The topological polar surface area (TPSA) is 78.6 Å². The molecule has 114 valence electrons. The van der Waals surface area contributed by atoms with Gasteiger partial charge in [-0.3, -0.25) is 0 Å². The molecule has 2 aromatic rings.